The molecule has 0 bridgehead atoms. The standard InChI is InChI=1S/C20H31BN7O3/c1-3-13(2)23-20(30)31-16-5-4-14(8-16)17-9-18(26-25-17)24-19-11-28(7-6-22-19)27-15(10-21)12-29/h6-7,10,13-14,16-17,25,29H,3-5,8-9,11-12H2,1-2H3,(H,23,30)(H,22,24,26)/b27-15+. The summed E-state index contributed by atoms with van der Waals surface area (Å²) < 4.78 is 5.58. The van der Waals surface area contributed by atoms with E-state index in [2.05, 4.69) is 31.3 Å². The number of nitrogens with zero attached hydrogens (tertiary/aromatic N) is 4. The van der Waals surface area contributed by atoms with E-state index in [0.717, 1.165) is 31.5 Å². The van der Waals surface area contributed by atoms with Gasteiger partial charge in [0, 0.05) is 6.04 Å². The molecule has 1 radical (unpaired) electrons. The zero-order valence-electron chi connectivity index (χ0n) is 18.1. The summed E-state index contributed by atoms with van der Waals surface area (Å²) in [5, 5.41) is 25.4. The number of hydrogen-bond donors (Lipinski definition) is 4. The number of amidine groups is 2. The molecule has 0 aromatic carbocycles. The predicted molar refractivity (Wildman–Crippen MR) is 122 cm³/mol. The molecule has 2 aliphatic heterocycles. The molecule has 3 rings (SSSR count). The molecule has 10 nitrogen and oxygen atoms in total. The quantitative estimate of drug-likeness (QED) is 0.345. The second-order valence-corrected chi connectivity index (χ2v) is 8.05. The van der Waals surface area contributed by atoms with Crippen LogP contribution in [0.4, 0.5) is 4.79 Å². The Morgan fingerprint density at radius 3 is 3.13 bits per heavy atom. The van der Waals surface area contributed by atoms with Crippen LogP contribution in [0.3, 0.4) is 0 Å². The van der Waals surface area contributed by atoms with E-state index in [1.807, 2.05) is 13.8 Å². The fraction of sp³-hybridized carbons (Fsp3) is 0.650. The molecule has 1 saturated carbocycles. The van der Waals surface area contributed by atoms with Gasteiger partial charge < -0.3 is 10.1 Å². The normalized spacial score (nSPS) is 28.0. The van der Waals surface area contributed by atoms with E-state index < -0.39 is 0 Å². The summed E-state index contributed by atoms with van der Waals surface area (Å²) in [5.41, 5.74) is 3.57. The number of rotatable bonds is 7. The average Bonchev–Trinajstić information content (AvgIpc) is 3.41. The molecule has 4 N–H and O–H groups in total. The Balaban J connectivity index is 1.47. The van der Waals surface area contributed by atoms with Crippen molar-refractivity contribution in [2.75, 3.05) is 13.2 Å². The average molecular weight is 428 g/mol. The summed E-state index contributed by atoms with van der Waals surface area (Å²) in [5.74, 6) is 3.08. The summed E-state index contributed by atoms with van der Waals surface area (Å²) in [7, 11) is 5.44. The Morgan fingerprint density at radius 2 is 2.39 bits per heavy atom. The number of carbonyl (C=O) groups excluding carboxylic acids is 1. The molecule has 3 aliphatic rings. The summed E-state index contributed by atoms with van der Waals surface area (Å²) in [4.78, 5) is 16.6. The molecule has 4 unspecified atom stereocenters. The molecule has 31 heavy (non-hydrogen) atoms. The van der Waals surface area contributed by atoms with Crippen molar-refractivity contribution >= 4 is 36.9 Å². The third kappa shape index (κ3) is 6.65. The van der Waals surface area contributed by atoms with Crippen LogP contribution in [0.1, 0.15) is 46.0 Å². The predicted octanol–water partition coefficient (Wildman–Crippen LogP) is 0.449. The Labute approximate surface area is 184 Å². The number of aliphatic hydroxyl groups is 1. The van der Waals surface area contributed by atoms with Gasteiger partial charge >= 0.3 is 130 Å². The Bertz CT molecular complexity index is 783. The minimum atomic E-state index is -0.331. The second kappa shape index (κ2) is 11.1. The fourth-order valence-electron chi connectivity index (χ4n) is 3.77. The molecule has 167 valence electrons. The zero-order chi connectivity index (χ0) is 22.2. The van der Waals surface area contributed by atoms with E-state index in [-0.39, 0.29) is 30.9 Å². The minimum absolute atomic E-state index is 0.0529. The van der Waals surface area contributed by atoms with Gasteiger partial charge in [-0.1, -0.05) is 6.92 Å². The molecule has 0 aromatic heterocycles. The van der Waals surface area contributed by atoms with Crippen molar-refractivity contribution in [3.63, 3.8) is 0 Å². The maximum absolute atomic E-state index is 12.0. The van der Waals surface area contributed by atoms with Crippen molar-refractivity contribution in [3.05, 3.63) is 12.4 Å². The van der Waals surface area contributed by atoms with Gasteiger partial charge in [-0.05, 0) is 19.8 Å². The van der Waals surface area contributed by atoms with Crippen molar-refractivity contribution in [3.8, 4) is 0 Å². The van der Waals surface area contributed by atoms with Gasteiger partial charge in [-0.25, -0.2) is 4.79 Å². The van der Waals surface area contributed by atoms with Crippen molar-refractivity contribution < 1.29 is 14.6 Å². The monoisotopic (exact) mass is 428 g/mol. The number of aliphatic imine (C=N–C) groups is 1. The van der Waals surface area contributed by atoms with Crippen molar-refractivity contribution in [1.29, 1.82) is 0 Å². The number of alkyl carbamates (subject to hydrolysis) is 1. The molecule has 1 fully saturated rings. The van der Waals surface area contributed by atoms with Crippen LogP contribution in [0.15, 0.2) is 27.6 Å². The van der Waals surface area contributed by atoms with Crippen LogP contribution in [0.5, 0.6) is 0 Å². The van der Waals surface area contributed by atoms with E-state index in [4.69, 9.17) is 12.2 Å². The first-order valence-corrected chi connectivity index (χ1v) is 10.8. The van der Waals surface area contributed by atoms with Gasteiger partial charge in [-0.3, -0.25) is 0 Å². The summed E-state index contributed by atoms with van der Waals surface area (Å²) >= 11 is 0. The van der Waals surface area contributed by atoms with Crippen LogP contribution >= 0.6 is 0 Å². The van der Waals surface area contributed by atoms with Gasteiger partial charge in [0.2, 0.25) is 0 Å². The van der Waals surface area contributed by atoms with Gasteiger partial charge in [-0.2, -0.15) is 0 Å². The Morgan fingerprint density at radius 1 is 1.55 bits per heavy atom. The first-order chi connectivity index (χ1) is 15.0. The van der Waals surface area contributed by atoms with Gasteiger partial charge in [0.15, 0.2) is 0 Å². The van der Waals surface area contributed by atoms with E-state index >= 15 is 0 Å². The summed E-state index contributed by atoms with van der Waals surface area (Å²) in [6, 6.07) is 0.302. The van der Waals surface area contributed by atoms with Crippen molar-refractivity contribution in [2.24, 2.45) is 21.1 Å². The molecule has 0 saturated heterocycles. The topological polar surface area (TPSA) is 123 Å². The van der Waals surface area contributed by atoms with E-state index in [9.17, 15) is 9.90 Å². The van der Waals surface area contributed by atoms with Gasteiger partial charge in [0.1, 0.15) is 6.10 Å². The maximum atomic E-state index is 12.0. The van der Waals surface area contributed by atoms with Crippen molar-refractivity contribution in [2.45, 2.75) is 64.1 Å². The summed E-state index contributed by atoms with van der Waals surface area (Å²) in [6.07, 6.45) is 7.35. The van der Waals surface area contributed by atoms with E-state index in [0.29, 0.717) is 30.4 Å². The van der Waals surface area contributed by atoms with E-state index in [1.54, 1.807) is 17.4 Å². The third-order valence-electron chi connectivity index (χ3n) is 5.69. The number of hydrazone groups is 2. The molecular formula is C20H31BN7O3. The molecule has 1 amide bonds. The van der Waals surface area contributed by atoms with Gasteiger partial charge in [0.25, 0.3) is 0 Å². The number of nitrogens with one attached hydrogen (secondary N) is 3. The van der Waals surface area contributed by atoms with E-state index in [1.165, 1.54) is 5.97 Å². The zero-order valence-corrected chi connectivity index (χ0v) is 18.1. The van der Waals surface area contributed by atoms with Crippen LogP contribution in [0.25, 0.3) is 0 Å². The first-order valence-electron chi connectivity index (χ1n) is 10.8. The molecular weight excluding hydrogens is 397 g/mol. The van der Waals surface area contributed by atoms with Crippen molar-refractivity contribution in [1.82, 2.24) is 21.1 Å². The number of ether oxygens (including phenoxy) is 1. The molecule has 11 heteroatoms. The number of aliphatic hydroxyl groups excluding tert-OH is 1. The number of hydrogen-bond acceptors (Lipinski definition) is 8. The van der Waals surface area contributed by atoms with Crippen LogP contribution in [0, 0.1) is 5.92 Å². The number of amides is 1. The third-order valence-corrected chi connectivity index (χ3v) is 5.69. The second-order valence-electron chi connectivity index (χ2n) is 8.05. The van der Waals surface area contributed by atoms with Crippen LogP contribution < -0.4 is 16.1 Å². The van der Waals surface area contributed by atoms with Gasteiger partial charge in [0.05, 0.1) is 0 Å². The number of carbonyl (C=O) groups is 1. The first kappa shape index (κ1) is 23.0. The summed E-state index contributed by atoms with van der Waals surface area (Å²) in [6.45, 7) is 4.18. The molecule has 1 aliphatic carbocycles. The SMILES string of the molecule is [B]=C/C(CO)=N\N1C=CNC(=NC2=NNC(C3CCC(OC(=O)NC(C)CC)C3)C2)C1. The molecule has 4 atom stereocenters. The fourth-order valence-corrected chi connectivity index (χ4v) is 3.77. The Hall–Kier alpha value is -2.69. The van der Waals surface area contributed by atoms with Crippen LogP contribution in [-0.2, 0) is 4.74 Å². The van der Waals surface area contributed by atoms with Crippen LogP contribution in [-0.4, -0.2) is 78.4 Å². The van der Waals surface area contributed by atoms with Crippen LogP contribution in [0.2, 0.25) is 0 Å². The Kier molecular flexibility index (Phi) is 8.22. The van der Waals surface area contributed by atoms with Gasteiger partial charge in [-0.15, -0.1) is 0 Å². The molecule has 0 spiro atoms. The molecule has 0 aromatic rings. The molecule has 2 heterocycles.